The van der Waals surface area contributed by atoms with Crippen LogP contribution in [0.1, 0.15) is 124 Å². The molecule has 0 radical (unpaired) electrons. The number of unbranched alkanes of at least 4 members (excludes halogenated alkanes) is 1. The van der Waals surface area contributed by atoms with Crippen molar-refractivity contribution < 1.29 is 92.2 Å². The van der Waals surface area contributed by atoms with Crippen LogP contribution in [-0.2, 0) is 96.0 Å². The van der Waals surface area contributed by atoms with Crippen LogP contribution in [0.5, 0.6) is 23.0 Å². The molecule has 31 nitrogen and oxygen atoms in total. The van der Waals surface area contributed by atoms with E-state index in [9.17, 15) is 73.2 Å². The minimum Gasteiger partial charge on any atom is -0.508 e. The molecule has 2 heterocycles. The molecule has 0 saturated carbocycles. The first kappa shape index (κ1) is 86.3. The van der Waals surface area contributed by atoms with E-state index in [0.717, 1.165) is 10.9 Å². The van der Waals surface area contributed by atoms with Gasteiger partial charge in [0.05, 0.1) is 23.8 Å². The summed E-state index contributed by atoms with van der Waals surface area (Å²) in [5.41, 5.74) is 11.9. The van der Waals surface area contributed by atoms with Crippen molar-refractivity contribution in [3.63, 3.8) is 0 Å². The molecule has 1 unspecified atom stereocenters. The molecule has 612 valence electrons. The van der Waals surface area contributed by atoms with Gasteiger partial charge in [-0.05, 0) is 104 Å². The number of carbonyl (C=O) groups excluding carboxylic acids is 13. The van der Waals surface area contributed by atoms with Gasteiger partial charge in [-0.25, -0.2) is 0 Å². The fraction of sp³-hybridized carbons (Fsp3) is 0.361. The smallest absolute Gasteiger partial charge is 0.306 e. The number of methoxy groups -OCH3 is 1. The molecule has 2 aromatic heterocycles. The normalized spacial score (nSPS) is 15.6. The second-order valence-electron chi connectivity index (χ2n) is 29.0. The first-order valence-corrected chi connectivity index (χ1v) is 39.1. The Morgan fingerprint density at radius 1 is 0.526 bits per heavy atom. The predicted molar refractivity (Wildman–Crippen MR) is 432 cm³/mol. The van der Waals surface area contributed by atoms with Crippen LogP contribution in [0, 0.1) is 5.92 Å². The lowest BCUT2D eigenvalue weighted by Gasteiger charge is -2.34. The van der Waals surface area contributed by atoms with Crippen molar-refractivity contribution in [2.24, 2.45) is 17.4 Å². The Morgan fingerprint density at radius 3 is 1.60 bits per heavy atom. The standard InChI is InChI=1S/C83H94N12O19S2/c1-43(2)70(82(111)94-62(42-116)80(109)90-57(75(85)104)35-46-38-86-54-20-9-7-17-49(46)54)95-76(105)56(22-11-12-32-84)89-79(108)60(36-47-39-87-55-21-10-8-18-50(47)55)92-78(107)59(34-45-26-28-48(96)29-27-45)91-81(110)61(41-115)93-77(106)58(33-44-15-5-4-6-16-44)88-65(98)24-14-25-66(99)114-40-64(97)83(112)31-30-51-53(37-83)73(102)69-68(71(51)100)72(101)52-19-13-23-63(113-3)67(52)74(69)103/h4-10,13,15-21,23,26-29,38-39,43,56-62,70,86-87,96,100,102,112,115-116H,11-12,14,22,24-25,30-37,40-42,84H2,1-3H3,(H2,85,104)(H,88,98)(H,89,108)(H,90,109)(H,91,110)(H,92,107)(H,93,106)(H,94,111)(H,95,105)/t56-,57-,58+,59-,60+,61-,62-,70-,83?/m0/s1. The fourth-order valence-electron chi connectivity index (χ4n) is 14.2. The highest BCUT2D eigenvalue weighted by molar-refractivity contribution is 7.80. The number of Topliss-reactive ketones (excluding diaryl/α,β-unsaturated/α-hetero) is 1. The number of H-pyrrole nitrogens is 2. The van der Waals surface area contributed by atoms with Gasteiger partial charge in [0.1, 0.15) is 76.9 Å². The highest BCUT2D eigenvalue weighted by atomic mass is 32.1. The summed E-state index contributed by atoms with van der Waals surface area (Å²) in [6.45, 7) is 2.56. The van der Waals surface area contributed by atoms with Gasteiger partial charge in [-0.15, -0.1) is 0 Å². The number of amides is 9. The summed E-state index contributed by atoms with van der Waals surface area (Å²) >= 11 is 8.75. The third kappa shape index (κ3) is 20.9. The molecule has 2 aliphatic rings. The fourth-order valence-corrected chi connectivity index (χ4v) is 14.8. The van der Waals surface area contributed by atoms with Gasteiger partial charge in [-0.3, -0.25) is 62.3 Å². The Balaban J connectivity index is 0.792. The number of benzene rings is 6. The minimum atomic E-state index is -2.27. The highest BCUT2D eigenvalue weighted by Crippen LogP contribution is 2.48. The molecular weight excluding hydrogens is 1530 g/mol. The zero-order valence-corrected chi connectivity index (χ0v) is 65.7. The van der Waals surface area contributed by atoms with Crippen LogP contribution < -0.4 is 58.7 Å². The van der Waals surface area contributed by atoms with Gasteiger partial charge in [0.15, 0.2) is 12.4 Å². The number of fused-ring (bicyclic) bond motifs is 5. The Hall–Kier alpha value is -12.1. The number of aliphatic hydroxyl groups is 1. The third-order valence-electron chi connectivity index (χ3n) is 20.6. The number of primary amides is 1. The van der Waals surface area contributed by atoms with Crippen molar-refractivity contribution in [1.82, 2.24) is 52.5 Å². The largest absolute Gasteiger partial charge is 0.508 e. The zero-order valence-electron chi connectivity index (χ0n) is 63.9. The number of rotatable bonds is 39. The Bertz CT molecular complexity index is 5030. The summed E-state index contributed by atoms with van der Waals surface area (Å²) in [7, 11) is 1.29. The number of thiol groups is 2. The van der Waals surface area contributed by atoms with Crippen LogP contribution in [0.25, 0.3) is 21.8 Å². The third-order valence-corrected chi connectivity index (χ3v) is 21.4. The number of hydrogen-bond donors (Lipinski definition) is 18. The van der Waals surface area contributed by atoms with Crippen molar-refractivity contribution >= 4 is 124 Å². The Morgan fingerprint density at radius 2 is 1.03 bits per heavy atom. The van der Waals surface area contributed by atoms with E-state index in [1.807, 2.05) is 24.3 Å². The first-order chi connectivity index (χ1) is 55.5. The number of aromatic nitrogens is 2. The molecule has 9 atom stereocenters. The maximum absolute atomic E-state index is 15.1. The quantitative estimate of drug-likeness (QED) is 0.0114. The summed E-state index contributed by atoms with van der Waals surface area (Å²) in [5.74, 6) is -13.7. The number of ketones is 3. The van der Waals surface area contributed by atoms with E-state index in [-0.39, 0.29) is 110 Å². The highest BCUT2D eigenvalue weighted by Gasteiger charge is 2.46. The van der Waals surface area contributed by atoms with Crippen LogP contribution in [0.15, 0.2) is 134 Å². The number of aromatic amines is 2. The van der Waals surface area contributed by atoms with E-state index in [0.29, 0.717) is 46.0 Å². The van der Waals surface area contributed by atoms with Gasteiger partial charge >= 0.3 is 5.97 Å². The van der Waals surface area contributed by atoms with Crippen LogP contribution >= 0.6 is 25.3 Å². The summed E-state index contributed by atoms with van der Waals surface area (Å²) in [4.78, 5) is 189. The van der Waals surface area contributed by atoms with Crippen molar-refractivity contribution in [3.8, 4) is 23.0 Å². The Labute approximate surface area is 677 Å². The molecule has 0 saturated heterocycles. The lowest BCUT2D eigenvalue weighted by molar-refractivity contribution is -0.155. The molecule has 6 aromatic carbocycles. The molecule has 0 bridgehead atoms. The van der Waals surface area contributed by atoms with Crippen molar-refractivity contribution in [3.05, 3.63) is 189 Å². The summed E-state index contributed by atoms with van der Waals surface area (Å²) < 4.78 is 10.5. The lowest BCUT2D eigenvalue weighted by Crippen LogP contribution is -2.61. The van der Waals surface area contributed by atoms with Crippen LogP contribution in [0.3, 0.4) is 0 Å². The van der Waals surface area contributed by atoms with E-state index in [2.05, 4.69) is 77.8 Å². The number of phenolic OH excluding ortho intramolecular Hbond substituents is 3. The Kier molecular flexibility index (Phi) is 29.3. The predicted octanol–water partition coefficient (Wildman–Crippen LogP) is 3.03. The lowest BCUT2D eigenvalue weighted by atomic mass is 9.73. The maximum Gasteiger partial charge on any atom is 0.306 e. The van der Waals surface area contributed by atoms with E-state index in [1.165, 1.54) is 49.6 Å². The van der Waals surface area contributed by atoms with Crippen molar-refractivity contribution in [2.45, 2.75) is 151 Å². The molecule has 8 aromatic rings. The first-order valence-electron chi connectivity index (χ1n) is 37.9. The van der Waals surface area contributed by atoms with Crippen LogP contribution in [0.4, 0.5) is 0 Å². The topological polar surface area (TPSA) is 501 Å². The minimum absolute atomic E-state index is 0.0136. The SMILES string of the molecule is COc1cccc2c1C(=O)c1c(O)c3c(c(O)c1C2=O)CCC(O)(C(=O)COC(=O)CCCC(=O)N[C@H](Cc1ccccc1)C(=O)N[C@@H](CS)C(=O)N[C@@H](Cc1ccc(O)cc1)C(=O)N[C@H](Cc1c[nH]c2ccccc12)C(=O)N[C@@H](CCCCN)C(=O)N[C@H](C(=O)N[C@@H](CS)C(=O)N[C@@H](Cc1c[nH]c2ccccc12)C(N)=O)C(C)C)C3. The molecule has 0 spiro atoms. The number of para-hydroxylation sites is 2. The molecule has 18 N–H and O–H groups in total. The van der Waals surface area contributed by atoms with Gasteiger partial charge in [-0.2, -0.15) is 25.3 Å². The van der Waals surface area contributed by atoms with Gasteiger partial charge in [-0.1, -0.05) is 105 Å². The van der Waals surface area contributed by atoms with E-state index in [4.69, 9.17) is 20.9 Å². The number of nitrogens with one attached hydrogen (secondary N) is 10. The molecule has 0 fully saturated rings. The molecule has 33 heteroatoms. The van der Waals surface area contributed by atoms with Crippen LogP contribution in [0.2, 0.25) is 0 Å². The number of ether oxygens (including phenoxy) is 2. The second-order valence-corrected chi connectivity index (χ2v) is 29.8. The number of hydrogen-bond acceptors (Lipinski definition) is 22. The molecule has 116 heavy (non-hydrogen) atoms. The number of aromatic hydroxyl groups is 3. The zero-order chi connectivity index (χ0) is 83.7. The van der Waals surface area contributed by atoms with Crippen molar-refractivity contribution in [2.75, 3.05) is 31.8 Å². The van der Waals surface area contributed by atoms with E-state index in [1.54, 1.807) is 80.8 Å². The molecule has 9 amide bonds. The number of nitrogens with two attached hydrogens (primary N) is 2. The second kappa shape index (κ2) is 39.3. The van der Waals surface area contributed by atoms with E-state index >= 15 is 9.59 Å². The summed E-state index contributed by atoms with van der Waals surface area (Å²) in [6.07, 6.45) is 1.33. The van der Waals surface area contributed by atoms with Gasteiger partial charge in [0, 0.05) is 107 Å². The maximum atomic E-state index is 15.1. The van der Waals surface area contributed by atoms with Gasteiger partial charge in [0.2, 0.25) is 64.7 Å². The average Bonchev–Trinajstić information content (AvgIpc) is 0.773. The van der Waals surface area contributed by atoms with Gasteiger partial charge in [0.25, 0.3) is 0 Å². The number of carbonyl (C=O) groups is 13. The molecule has 2 aliphatic carbocycles. The summed E-state index contributed by atoms with van der Waals surface area (Å²) in [6, 6.07) is 21.9. The van der Waals surface area contributed by atoms with Crippen molar-refractivity contribution in [1.29, 1.82) is 0 Å². The van der Waals surface area contributed by atoms with Crippen LogP contribution in [-0.4, -0.2) is 193 Å². The summed E-state index contributed by atoms with van der Waals surface area (Å²) in [5, 5.41) is 68.0. The van der Waals surface area contributed by atoms with E-state index < -0.39 is 178 Å². The number of phenols is 3. The molecular formula is C83H94N12O19S2. The molecule has 10 rings (SSSR count). The monoisotopic (exact) mass is 1630 g/mol. The molecule has 0 aliphatic heterocycles. The van der Waals surface area contributed by atoms with Gasteiger partial charge < -0.3 is 93.9 Å². The average molecular weight is 1630 g/mol. The number of esters is 1.